The number of halogens is 1. The Bertz CT molecular complexity index is 550. The van der Waals surface area contributed by atoms with Gasteiger partial charge in [-0.2, -0.15) is 9.49 Å². The molecule has 1 saturated carbocycles. The summed E-state index contributed by atoms with van der Waals surface area (Å²) in [6, 6.07) is 5.76. The Hall–Kier alpha value is -1.46. The number of aromatic amines is 1. The molecule has 2 aromatic rings. The molecule has 0 aliphatic heterocycles. The molecule has 1 aromatic heterocycles. The highest BCUT2D eigenvalue weighted by molar-refractivity contribution is 5.82. The van der Waals surface area contributed by atoms with Gasteiger partial charge in [-0.1, -0.05) is 18.6 Å². The zero-order valence-electron chi connectivity index (χ0n) is 9.99. The van der Waals surface area contributed by atoms with Crippen LogP contribution in [-0.4, -0.2) is 27.9 Å². The van der Waals surface area contributed by atoms with Crippen molar-refractivity contribution in [3.05, 3.63) is 29.7 Å². The molecule has 18 heavy (non-hydrogen) atoms. The number of aromatic nitrogens is 2. The van der Waals surface area contributed by atoms with E-state index in [4.69, 9.17) is 0 Å². The number of aliphatic hydroxyl groups is 1. The normalized spacial score (nSPS) is 17.9. The monoisotopic (exact) mass is 249 g/mol. The van der Waals surface area contributed by atoms with E-state index in [1.807, 2.05) is 0 Å². The van der Waals surface area contributed by atoms with Gasteiger partial charge in [0, 0.05) is 12.6 Å². The van der Waals surface area contributed by atoms with E-state index in [0.29, 0.717) is 29.1 Å². The number of benzene rings is 1. The summed E-state index contributed by atoms with van der Waals surface area (Å²) in [5.41, 5.74) is 1.14. The summed E-state index contributed by atoms with van der Waals surface area (Å²) >= 11 is 0. The van der Waals surface area contributed by atoms with E-state index in [1.54, 1.807) is 18.2 Å². The minimum absolute atomic E-state index is 0.389. The first-order chi connectivity index (χ1) is 8.75. The summed E-state index contributed by atoms with van der Waals surface area (Å²) in [4.78, 5) is 0. The number of nitrogens with one attached hydrogen (secondary N) is 2. The topological polar surface area (TPSA) is 60.9 Å². The highest BCUT2D eigenvalue weighted by atomic mass is 19.1. The maximum Gasteiger partial charge on any atom is 0.217 e. The molecule has 0 bridgehead atoms. The molecule has 0 unspecified atom stereocenters. The molecule has 5 heteroatoms. The third-order valence-electron chi connectivity index (χ3n) is 3.63. The van der Waals surface area contributed by atoms with Crippen molar-refractivity contribution in [2.45, 2.75) is 31.4 Å². The Morgan fingerprint density at radius 3 is 3.06 bits per heavy atom. The van der Waals surface area contributed by atoms with Crippen LogP contribution >= 0.6 is 0 Å². The van der Waals surface area contributed by atoms with Crippen molar-refractivity contribution >= 4 is 10.9 Å². The van der Waals surface area contributed by atoms with Gasteiger partial charge in [0.15, 0.2) is 0 Å². The van der Waals surface area contributed by atoms with Crippen LogP contribution < -0.4 is 5.32 Å². The molecule has 3 rings (SSSR count). The Morgan fingerprint density at radius 1 is 1.50 bits per heavy atom. The van der Waals surface area contributed by atoms with E-state index < -0.39 is 12.1 Å². The second kappa shape index (κ2) is 4.66. The number of hydrogen-bond acceptors (Lipinski definition) is 3. The van der Waals surface area contributed by atoms with Crippen LogP contribution in [0.1, 0.15) is 30.9 Å². The van der Waals surface area contributed by atoms with Crippen molar-refractivity contribution in [1.82, 2.24) is 15.5 Å². The van der Waals surface area contributed by atoms with Crippen LogP contribution in [0, 0.1) is 5.95 Å². The predicted molar refractivity (Wildman–Crippen MR) is 66.7 cm³/mol. The lowest BCUT2D eigenvalue weighted by Crippen LogP contribution is -2.37. The molecule has 1 aliphatic carbocycles. The van der Waals surface area contributed by atoms with Crippen LogP contribution in [0.15, 0.2) is 18.2 Å². The largest absolute Gasteiger partial charge is 0.387 e. The molecule has 0 amide bonds. The van der Waals surface area contributed by atoms with E-state index in [0.717, 1.165) is 12.8 Å². The number of aliphatic hydroxyl groups excluding tert-OH is 1. The number of rotatable bonds is 4. The van der Waals surface area contributed by atoms with Gasteiger partial charge in [0.05, 0.1) is 17.0 Å². The summed E-state index contributed by atoms with van der Waals surface area (Å²) in [6.07, 6.45) is 2.87. The fourth-order valence-electron chi connectivity index (χ4n) is 2.33. The highest BCUT2D eigenvalue weighted by Gasteiger charge is 2.20. The third kappa shape index (κ3) is 2.00. The zero-order chi connectivity index (χ0) is 12.5. The Labute approximate surface area is 104 Å². The van der Waals surface area contributed by atoms with Crippen molar-refractivity contribution in [3.8, 4) is 0 Å². The van der Waals surface area contributed by atoms with Gasteiger partial charge in [0.2, 0.25) is 5.95 Å². The van der Waals surface area contributed by atoms with Crippen LogP contribution in [0.4, 0.5) is 4.39 Å². The van der Waals surface area contributed by atoms with Crippen molar-refractivity contribution in [1.29, 1.82) is 0 Å². The van der Waals surface area contributed by atoms with E-state index in [1.165, 1.54) is 6.42 Å². The van der Waals surface area contributed by atoms with Crippen molar-refractivity contribution in [3.63, 3.8) is 0 Å². The van der Waals surface area contributed by atoms with Crippen molar-refractivity contribution in [2.75, 3.05) is 6.54 Å². The van der Waals surface area contributed by atoms with Gasteiger partial charge >= 0.3 is 0 Å². The molecule has 4 nitrogen and oxygen atoms in total. The smallest absolute Gasteiger partial charge is 0.217 e. The Balaban J connectivity index is 1.81. The van der Waals surface area contributed by atoms with Crippen LogP contribution in [0.2, 0.25) is 0 Å². The third-order valence-corrected chi connectivity index (χ3v) is 3.63. The minimum Gasteiger partial charge on any atom is -0.387 e. The van der Waals surface area contributed by atoms with Gasteiger partial charge in [0.25, 0.3) is 0 Å². The lowest BCUT2D eigenvalue weighted by Gasteiger charge is -2.27. The summed E-state index contributed by atoms with van der Waals surface area (Å²) in [6.45, 7) is 0.453. The lowest BCUT2D eigenvalue weighted by molar-refractivity contribution is 0.162. The van der Waals surface area contributed by atoms with Crippen molar-refractivity contribution in [2.24, 2.45) is 0 Å². The standard InChI is InChI=1S/C13H16FN3O/c14-13-12-9(5-2-6-10(12)16-17-13)11(18)7-15-8-3-1-4-8/h2,5-6,8,11,15,18H,1,3-4,7H2,(H,16,17)/t11-/m0/s1. The predicted octanol–water partition coefficient (Wildman–Crippen LogP) is 1.88. The molecular weight excluding hydrogens is 233 g/mol. The van der Waals surface area contributed by atoms with Gasteiger partial charge in [-0.15, -0.1) is 0 Å². The SMILES string of the molecule is O[C@@H](CNC1CCC1)c1cccc2n[nH]c(F)c12. The molecule has 0 saturated heterocycles. The van der Waals surface area contributed by atoms with E-state index >= 15 is 0 Å². The van der Waals surface area contributed by atoms with Crippen LogP contribution in [0.25, 0.3) is 10.9 Å². The number of fused-ring (bicyclic) bond motifs is 1. The Kier molecular flexibility index (Phi) is 3.01. The molecule has 3 N–H and O–H groups in total. The van der Waals surface area contributed by atoms with Gasteiger partial charge in [-0.05, 0) is 24.5 Å². The summed E-state index contributed by atoms with van der Waals surface area (Å²) in [5, 5.41) is 20.0. The number of H-pyrrole nitrogens is 1. The summed E-state index contributed by atoms with van der Waals surface area (Å²) in [7, 11) is 0. The van der Waals surface area contributed by atoms with Crippen molar-refractivity contribution < 1.29 is 9.50 Å². The molecular formula is C13H16FN3O. The van der Waals surface area contributed by atoms with E-state index in [2.05, 4.69) is 15.5 Å². The Morgan fingerprint density at radius 2 is 2.33 bits per heavy atom. The zero-order valence-corrected chi connectivity index (χ0v) is 9.99. The highest BCUT2D eigenvalue weighted by Crippen LogP contribution is 2.25. The van der Waals surface area contributed by atoms with E-state index in [9.17, 15) is 9.50 Å². The van der Waals surface area contributed by atoms with Gasteiger partial charge in [0.1, 0.15) is 0 Å². The molecule has 1 heterocycles. The molecule has 1 atom stereocenters. The molecule has 96 valence electrons. The lowest BCUT2D eigenvalue weighted by atomic mass is 9.93. The van der Waals surface area contributed by atoms with Gasteiger partial charge in [-0.25, -0.2) is 0 Å². The first-order valence-electron chi connectivity index (χ1n) is 6.29. The van der Waals surface area contributed by atoms with Gasteiger partial charge < -0.3 is 10.4 Å². The first-order valence-corrected chi connectivity index (χ1v) is 6.29. The van der Waals surface area contributed by atoms with Gasteiger partial charge in [-0.3, -0.25) is 5.10 Å². The fourth-order valence-corrected chi connectivity index (χ4v) is 2.33. The second-order valence-electron chi connectivity index (χ2n) is 4.83. The quantitative estimate of drug-likeness (QED) is 0.775. The van der Waals surface area contributed by atoms with Crippen LogP contribution in [-0.2, 0) is 0 Å². The molecule has 1 aliphatic rings. The minimum atomic E-state index is -0.707. The number of nitrogens with zero attached hydrogens (tertiary/aromatic N) is 1. The summed E-state index contributed by atoms with van der Waals surface area (Å²) in [5.74, 6) is -0.483. The van der Waals surface area contributed by atoms with E-state index in [-0.39, 0.29) is 0 Å². The van der Waals surface area contributed by atoms with Crippen LogP contribution in [0.5, 0.6) is 0 Å². The average molecular weight is 249 g/mol. The molecule has 0 spiro atoms. The molecule has 1 aromatic carbocycles. The number of hydrogen-bond donors (Lipinski definition) is 3. The molecule has 1 fully saturated rings. The summed E-state index contributed by atoms with van der Waals surface area (Å²) < 4.78 is 13.6. The molecule has 0 radical (unpaired) electrons. The maximum atomic E-state index is 13.6. The first kappa shape index (κ1) is 11.6. The maximum absolute atomic E-state index is 13.6. The van der Waals surface area contributed by atoms with Crippen LogP contribution in [0.3, 0.4) is 0 Å². The fraction of sp³-hybridized carbons (Fsp3) is 0.462. The average Bonchev–Trinajstić information content (AvgIpc) is 2.69. The second-order valence-corrected chi connectivity index (χ2v) is 4.83.